The third kappa shape index (κ3) is 3.04. The second kappa shape index (κ2) is 4.85. The molecule has 0 fully saturated rings. The van der Waals surface area contributed by atoms with E-state index in [4.69, 9.17) is 0 Å². The molecule has 0 saturated heterocycles. The lowest BCUT2D eigenvalue weighted by Gasteiger charge is -2.12. The molecule has 0 bridgehead atoms. The summed E-state index contributed by atoms with van der Waals surface area (Å²) in [6, 6.07) is 4.25. The van der Waals surface area contributed by atoms with E-state index in [0.717, 1.165) is 13.4 Å². The number of ether oxygens (including phenoxy) is 1. The van der Waals surface area contributed by atoms with Gasteiger partial charge in [0.2, 0.25) is 0 Å². The monoisotopic (exact) mass is 258 g/mol. The molecule has 0 spiro atoms. The molecule has 1 rings (SSSR count). The minimum Gasteiger partial charge on any atom is -0.467 e. The van der Waals surface area contributed by atoms with Crippen LogP contribution in [0, 0.1) is 6.92 Å². The van der Waals surface area contributed by atoms with Crippen LogP contribution in [0.1, 0.15) is 17.2 Å². The zero-order valence-electron chi connectivity index (χ0n) is 9.80. The number of aliphatic hydroxyl groups excluding tert-OH is 1. The zero-order chi connectivity index (χ0) is 13.2. The van der Waals surface area contributed by atoms with E-state index in [1.54, 1.807) is 6.92 Å². The third-order valence-corrected chi connectivity index (χ3v) is 3.51. The first-order valence-corrected chi connectivity index (χ1v) is 6.73. The molecule has 1 atom stereocenters. The van der Waals surface area contributed by atoms with Gasteiger partial charge in [-0.3, -0.25) is 0 Å². The Kier molecular flexibility index (Phi) is 3.90. The van der Waals surface area contributed by atoms with Gasteiger partial charge in [-0.1, -0.05) is 6.07 Å². The maximum absolute atomic E-state index is 11.4. The molecule has 6 heteroatoms. The molecule has 0 aliphatic rings. The Labute approximate surface area is 100.0 Å². The van der Waals surface area contributed by atoms with Gasteiger partial charge in [0.1, 0.15) is 0 Å². The molecule has 94 valence electrons. The topological polar surface area (TPSA) is 80.7 Å². The summed E-state index contributed by atoms with van der Waals surface area (Å²) in [5.41, 5.74) is 0.857. The van der Waals surface area contributed by atoms with Crippen LogP contribution in [0.2, 0.25) is 0 Å². The third-order valence-electron chi connectivity index (χ3n) is 2.40. The van der Waals surface area contributed by atoms with Crippen molar-refractivity contribution in [1.29, 1.82) is 0 Å². The van der Waals surface area contributed by atoms with Gasteiger partial charge < -0.3 is 9.84 Å². The largest absolute Gasteiger partial charge is 0.467 e. The minimum absolute atomic E-state index is 0.0565. The van der Waals surface area contributed by atoms with Crippen LogP contribution in [0.3, 0.4) is 0 Å². The van der Waals surface area contributed by atoms with Gasteiger partial charge in [-0.05, 0) is 30.2 Å². The van der Waals surface area contributed by atoms with E-state index in [1.165, 1.54) is 18.2 Å². The maximum Gasteiger partial charge on any atom is 0.339 e. The predicted molar refractivity (Wildman–Crippen MR) is 61.3 cm³/mol. The first-order valence-electron chi connectivity index (χ1n) is 4.84. The van der Waals surface area contributed by atoms with E-state index in [2.05, 4.69) is 4.74 Å². The Bertz CT molecular complexity index is 533. The molecule has 0 aromatic heterocycles. The number of methoxy groups -OCH3 is 1. The maximum atomic E-state index is 11.4. The number of carbonyl (C=O) groups is 1. The van der Waals surface area contributed by atoms with Crippen molar-refractivity contribution in [3.05, 3.63) is 29.3 Å². The van der Waals surface area contributed by atoms with E-state index < -0.39 is 21.9 Å². The first-order chi connectivity index (χ1) is 7.77. The number of rotatable bonds is 3. The number of aryl methyl sites for hydroxylation is 1. The van der Waals surface area contributed by atoms with Crippen LogP contribution in [-0.2, 0) is 19.4 Å². The van der Waals surface area contributed by atoms with E-state index in [9.17, 15) is 18.3 Å². The predicted octanol–water partition coefficient (Wildman–Crippen LogP) is 0.605. The molecule has 0 aliphatic heterocycles. The van der Waals surface area contributed by atoms with Crippen molar-refractivity contribution in [1.82, 2.24) is 0 Å². The molecule has 1 unspecified atom stereocenters. The van der Waals surface area contributed by atoms with Crippen LogP contribution in [0.5, 0.6) is 0 Å². The summed E-state index contributed by atoms with van der Waals surface area (Å²) in [6.45, 7) is 1.67. The summed E-state index contributed by atoms with van der Waals surface area (Å²) in [7, 11) is -2.22. The van der Waals surface area contributed by atoms with E-state index >= 15 is 0 Å². The Morgan fingerprint density at radius 3 is 2.47 bits per heavy atom. The summed E-state index contributed by atoms with van der Waals surface area (Å²) >= 11 is 0. The lowest BCUT2D eigenvalue weighted by atomic mass is 10.0. The molecule has 1 aromatic rings. The van der Waals surface area contributed by atoms with Gasteiger partial charge in [0.15, 0.2) is 15.9 Å². The second-order valence-electron chi connectivity index (χ2n) is 3.72. The highest BCUT2D eigenvalue weighted by Crippen LogP contribution is 2.22. The normalized spacial score (nSPS) is 13.2. The van der Waals surface area contributed by atoms with Crippen LogP contribution in [0.4, 0.5) is 0 Å². The van der Waals surface area contributed by atoms with Crippen LogP contribution < -0.4 is 0 Å². The van der Waals surface area contributed by atoms with Crippen LogP contribution in [0.15, 0.2) is 23.1 Å². The number of carbonyl (C=O) groups excluding carboxylic acids is 1. The second-order valence-corrected chi connectivity index (χ2v) is 5.73. The summed E-state index contributed by atoms with van der Waals surface area (Å²) < 4.78 is 27.1. The molecule has 0 aliphatic carbocycles. The van der Waals surface area contributed by atoms with Crippen molar-refractivity contribution >= 4 is 15.8 Å². The fourth-order valence-electron chi connectivity index (χ4n) is 1.38. The van der Waals surface area contributed by atoms with Crippen LogP contribution in [-0.4, -0.2) is 32.9 Å². The summed E-state index contributed by atoms with van der Waals surface area (Å²) in [5, 5.41) is 9.69. The van der Waals surface area contributed by atoms with Crippen LogP contribution >= 0.6 is 0 Å². The van der Waals surface area contributed by atoms with E-state index in [-0.39, 0.29) is 10.5 Å². The first kappa shape index (κ1) is 13.7. The van der Waals surface area contributed by atoms with Gasteiger partial charge in [0.05, 0.1) is 12.0 Å². The molecule has 0 saturated carbocycles. The van der Waals surface area contributed by atoms with E-state index in [1.807, 2.05) is 0 Å². The van der Waals surface area contributed by atoms with Gasteiger partial charge in [-0.25, -0.2) is 13.2 Å². The SMILES string of the molecule is COC(=O)C(O)c1cc(S(C)(=O)=O)ccc1C. The fourth-order valence-corrected chi connectivity index (χ4v) is 2.04. The lowest BCUT2D eigenvalue weighted by Crippen LogP contribution is -2.15. The summed E-state index contributed by atoms with van der Waals surface area (Å²) in [6.07, 6.45) is -0.409. The molecular formula is C11H14O5S. The molecule has 17 heavy (non-hydrogen) atoms. The van der Waals surface area contributed by atoms with Gasteiger partial charge in [-0.15, -0.1) is 0 Å². The summed E-state index contributed by atoms with van der Waals surface area (Å²) in [5.74, 6) is -0.821. The number of aliphatic hydroxyl groups is 1. The van der Waals surface area contributed by atoms with Gasteiger partial charge in [0.25, 0.3) is 0 Å². The van der Waals surface area contributed by atoms with Gasteiger partial charge in [0, 0.05) is 6.26 Å². The van der Waals surface area contributed by atoms with Crippen molar-refractivity contribution in [2.24, 2.45) is 0 Å². The number of hydrogen-bond donors (Lipinski definition) is 1. The van der Waals surface area contributed by atoms with Crippen molar-refractivity contribution in [3.63, 3.8) is 0 Å². The zero-order valence-corrected chi connectivity index (χ0v) is 10.6. The van der Waals surface area contributed by atoms with Crippen molar-refractivity contribution in [2.45, 2.75) is 17.9 Å². The van der Waals surface area contributed by atoms with Crippen molar-refractivity contribution in [2.75, 3.05) is 13.4 Å². The Morgan fingerprint density at radius 2 is 2.00 bits per heavy atom. The molecule has 5 nitrogen and oxygen atoms in total. The average molecular weight is 258 g/mol. The highest BCUT2D eigenvalue weighted by molar-refractivity contribution is 7.90. The average Bonchev–Trinajstić information content (AvgIpc) is 2.26. The Morgan fingerprint density at radius 1 is 1.41 bits per heavy atom. The molecule has 0 radical (unpaired) electrons. The number of esters is 1. The van der Waals surface area contributed by atoms with Crippen molar-refractivity contribution in [3.8, 4) is 0 Å². The van der Waals surface area contributed by atoms with Crippen molar-refractivity contribution < 1.29 is 23.1 Å². The highest BCUT2D eigenvalue weighted by atomic mass is 32.2. The quantitative estimate of drug-likeness (QED) is 0.803. The van der Waals surface area contributed by atoms with Crippen LogP contribution in [0.25, 0.3) is 0 Å². The molecule has 1 aromatic carbocycles. The molecule has 0 heterocycles. The Hall–Kier alpha value is -1.40. The molecular weight excluding hydrogens is 244 g/mol. The fraction of sp³-hybridized carbons (Fsp3) is 0.364. The highest BCUT2D eigenvalue weighted by Gasteiger charge is 2.21. The molecule has 1 N–H and O–H groups in total. The summed E-state index contributed by atoms with van der Waals surface area (Å²) in [4.78, 5) is 11.3. The number of benzene rings is 1. The number of hydrogen-bond acceptors (Lipinski definition) is 5. The molecule has 0 amide bonds. The Balaban J connectivity index is 3.29. The minimum atomic E-state index is -3.37. The van der Waals surface area contributed by atoms with Gasteiger partial charge in [-0.2, -0.15) is 0 Å². The van der Waals surface area contributed by atoms with Gasteiger partial charge >= 0.3 is 5.97 Å². The standard InChI is InChI=1S/C11H14O5S/c1-7-4-5-8(17(3,14)15)6-9(7)10(12)11(13)16-2/h4-6,10,12H,1-3H3. The number of sulfone groups is 1. The lowest BCUT2D eigenvalue weighted by molar-refractivity contribution is -0.150. The smallest absolute Gasteiger partial charge is 0.339 e. The van der Waals surface area contributed by atoms with E-state index in [0.29, 0.717) is 5.56 Å².